The molecule has 32 heavy (non-hydrogen) atoms. The molecule has 2 amide bonds. The van der Waals surface area contributed by atoms with Crippen LogP contribution in [-0.4, -0.2) is 64.7 Å². The molecule has 10 heteroatoms. The van der Waals surface area contributed by atoms with Gasteiger partial charge in [-0.25, -0.2) is 0 Å². The summed E-state index contributed by atoms with van der Waals surface area (Å²) in [5.74, 6) is -0.794. The lowest BCUT2D eigenvalue weighted by Gasteiger charge is -2.27. The number of benzene rings is 1. The predicted octanol–water partition coefficient (Wildman–Crippen LogP) is 3.26. The number of amides is 2. The van der Waals surface area contributed by atoms with E-state index >= 15 is 0 Å². The van der Waals surface area contributed by atoms with E-state index in [1.807, 2.05) is 13.8 Å². The Morgan fingerprint density at radius 3 is 2.38 bits per heavy atom. The summed E-state index contributed by atoms with van der Waals surface area (Å²) in [6.45, 7) is 4.30. The summed E-state index contributed by atoms with van der Waals surface area (Å²) >= 11 is 0. The van der Waals surface area contributed by atoms with Crippen molar-refractivity contribution < 1.29 is 32.2 Å². The Balaban J connectivity index is 1.70. The number of rotatable bonds is 6. The summed E-state index contributed by atoms with van der Waals surface area (Å²) in [4.78, 5) is 32.7. The summed E-state index contributed by atoms with van der Waals surface area (Å²) in [6.07, 6.45) is -2.21. The Morgan fingerprint density at radius 1 is 1.12 bits per heavy atom. The van der Waals surface area contributed by atoms with E-state index in [1.165, 1.54) is 41.6 Å². The van der Waals surface area contributed by atoms with Gasteiger partial charge in [0.1, 0.15) is 12.3 Å². The van der Waals surface area contributed by atoms with Crippen LogP contribution in [0.1, 0.15) is 29.8 Å². The summed E-state index contributed by atoms with van der Waals surface area (Å²) in [5.41, 5.74) is 1.06. The normalized spacial score (nSPS) is 17.4. The van der Waals surface area contributed by atoms with Crippen molar-refractivity contribution in [3.05, 3.63) is 59.9 Å². The van der Waals surface area contributed by atoms with Gasteiger partial charge in [0.05, 0.1) is 12.7 Å². The molecule has 0 radical (unpaired) electrons. The molecular formula is C22H24F3N3O4. The Labute approximate surface area is 183 Å². The smallest absolute Gasteiger partial charge is 0.406 e. The minimum absolute atomic E-state index is 0.0668. The van der Waals surface area contributed by atoms with E-state index in [0.717, 1.165) is 0 Å². The van der Waals surface area contributed by atoms with Gasteiger partial charge < -0.3 is 19.3 Å². The molecule has 1 aromatic heterocycles. The highest BCUT2D eigenvalue weighted by Crippen LogP contribution is 2.23. The van der Waals surface area contributed by atoms with Crippen molar-refractivity contribution in [2.24, 2.45) is 0 Å². The van der Waals surface area contributed by atoms with Crippen molar-refractivity contribution in [1.82, 2.24) is 14.8 Å². The summed E-state index contributed by atoms with van der Waals surface area (Å²) in [7, 11) is 0. The molecule has 0 spiro atoms. The molecular weight excluding hydrogens is 427 g/mol. The quantitative estimate of drug-likeness (QED) is 0.674. The van der Waals surface area contributed by atoms with Gasteiger partial charge in [-0.2, -0.15) is 0 Å². The Kier molecular flexibility index (Phi) is 7.34. The molecule has 0 bridgehead atoms. The number of alkyl halides is 3. The number of aromatic nitrogens is 1. The van der Waals surface area contributed by atoms with Gasteiger partial charge in [-0.15, -0.1) is 13.2 Å². The molecule has 2 heterocycles. The molecule has 0 N–H and O–H groups in total. The average molecular weight is 451 g/mol. The largest absolute Gasteiger partial charge is 0.573 e. The highest BCUT2D eigenvalue weighted by Gasteiger charge is 2.33. The third-order valence-electron chi connectivity index (χ3n) is 4.95. The minimum atomic E-state index is -4.75. The van der Waals surface area contributed by atoms with Gasteiger partial charge in [-0.3, -0.25) is 14.6 Å². The maximum Gasteiger partial charge on any atom is 0.573 e. The maximum atomic E-state index is 12.9. The summed E-state index contributed by atoms with van der Waals surface area (Å²) in [6, 6.07) is 8.46. The lowest BCUT2D eigenvalue weighted by Crippen LogP contribution is -2.42. The first-order chi connectivity index (χ1) is 15.1. The molecule has 0 aliphatic carbocycles. The van der Waals surface area contributed by atoms with Crippen LogP contribution >= 0.6 is 0 Å². The molecule has 172 valence electrons. The van der Waals surface area contributed by atoms with E-state index in [0.29, 0.717) is 17.7 Å². The third-order valence-corrected chi connectivity index (χ3v) is 4.95. The second-order valence-corrected chi connectivity index (χ2v) is 7.69. The first-order valence-corrected chi connectivity index (χ1v) is 10.1. The SMILES string of the molecule is CC(C)N1C[C@@H](OCc2ccc(OC(F)(F)F)cc2)CN(C(=O)c2ccncc2)CC1=O. The molecule has 1 aliphatic heterocycles. The van der Waals surface area contributed by atoms with Crippen LogP contribution in [0.2, 0.25) is 0 Å². The zero-order chi connectivity index (χ0) is 23.3. The molecule has 1 fully saturated rings. The van der Waals surface area contributed by atoms with Crippen LogP contribution in [0.25, 0.3) is 0 Å². The molecule has 2 aromatic rings. The molecule has 3 rings (SSSR count). The Hall–Kier alpha value is -3.14. The van der Waals surface area contributed by atoms with E-state index in [-0.39, 0.29) is 43.3 Å². The number of carbonyl (C=O) groups excluding carboxylic acids is 2. The van der Waals surface area contributed by atoms with Crippen LogP contribution in [-0.2, 0) is 16.1 Å². The summed E-state index contributed by atoms with van der Waals surface area (Å²) in [5, 5.41) is 0. The number of hydrogen-bond donors (Lipinski definition) is 0. The van der Waals surface area contributed by atoms with Crippen molar-refractivity contribution in [3.63, 3.8) is 0 Å². The van der Waals surface area contributed by atoms with Crippen LogP contribution in [0.3, 0.4) is 0 Å². The zero-order valence-corrected chi connectivity index (χ0v) is 17.7. The van der Waals surface area contributed by atoms with Gasteiger partial charge in [-0.1, -0.05) is 12.1 Å². The van der Waals surface area contributed by atoms with E-state index in [9.17, 15) is 22.8 Å². The fraction of sp³-hybridized carbons (Fsp3) is 0.409. The van der Waals surface area contributed by atoms with E-state index in [4.69, 9.17) is 4.74 Å². The van der Waals surface area contributed by atoms with Gasteiger partial charge in [0, 0.05) is 37.1 Å². The van der Waals surface area contributed by atoms with Gasteiger partial charge in [0.15, 0.2) is 0 Å². The van der Waals surface area contributed by atoms with E-state index < -0.39 is 12.5 Å². The molecule has 0 unspecified atom stereocenters. The van der Waals surface area contributed by atoms with Crippen LogP contribution in [0, 0.1) is 0 Å². The maximum absolute atomic E-state index is 12.9. The molecule has 7 nitrogen and oxygen atoms in total. The first-order valence-electron chi connectivity index (χ1n) is 10.1. The first kappa shape index (κ1) is 23.5. The average Bonchev–Trinajstić information content (AvgIpc) is 2.91. The lowest BCUT2D eigenvalue weighted by molar-refractivity contribution is -0.274. The highest BCUT2D eigenvalue weighted by atomic mass is 19.4. The van der Waals surface area contributed by atoms with Crippen LogP contribution in [0.5, 0.6) is 5.75 Å². The fourth-order valence-electron chi connectivity index (χ4n) is 3.38. The molecule has 1 saturated heterocycles. The van der Waals surface area contributed by atoms with E-state index in [1.54, 1.807) is 17.0 Å². The van der Waals surface area contributed by atoms with Crippen LogP contribution < -0.4 is 4.74 Å². The van der Waals surface area contributed by atoms with Crippen molar-refractivity contribution in [3.8, 4) is 5.75 Å². The van der Waals surface area contributed by atoms with Crippen LogP contribution in [0.4, 0.5) is 13.2 Å². The highest BCUT2D eigenvalue weighted by molar-refractivity contribution is 5.96. The standard InChI is InChI=1S/C22H24F3N3O4/c1-15(2)28-12-19(31-14-16-3-5-18(6-4-16)32-22(23,24)25)11-27(13-20(28)29)21(30)17-7-9-26-10-8-17/h3-10,15,19H,11-14H2,1-2H3/t19-/m0/s1. The second kappa shape index (κ2) is 9.99. The summed E-state index contributed by atoms with van der Waals surface area (Å²) < 4.78 is 46.8. The number of pyridine rings is 1. The van der Waals surface area contributed by atoms with Crippen molar-refractivity contribution >= 4 is 11.8 Å². The lowest BCUT2D eigenvalue weighted by atomic mass is 10.2. The van der Waals surface area contributed by atoms with Gasteiger partial charge in [0.25, 0.3) is 5.91 Å². The monoisotopic (exact) mass is 451 g/mol. The molecule has 1 atom stereocenters. The number of nitrogens with zero attached hydrogens (tertiary/aromatic N) is 3. The minimum Gasteiger partial charge on any atom is -0.406 e. The number of ether oxygens (including phenoxy) is 2. The van der Waals surface area contributed by atoms with Crippen LogP contribution in [0.15, 0.2) is 48.8 Å². The molecule has 1 aromatic carbocycles. The Bertz CT molecular complexity index is 920. The Morgan fingerprint density at radius 2 is 1.78 bits per heavy atom. The number of halogens is 3. The van der Waals surface area contributed by atoms with Gasteiger partial charge in [-0.05, 0) is 43.7 Å². The zero-order valence-electron chi connectivity index (χ0n) is 17.7. The number of hydrogen-bond acceptors (Lipinski definition) is 5. The third kappa shape index (κ3) is 6.43. The number of carbonyl (C=O) groups is 2. The fourth-order valence-corrected chi connectivity index (χ4v) is 3.38. The topological polar surface area (TPSA) is 72.0 Å². The van der Waals surface area contributed by atoms with Crippen molar-refractivity contribution in [1.29, 1.82) is 0 Å². The van der Waals surface area contributed by atoms with E-state index in [2.05, 4.69) is 9.72 Å². The second-order valence-electron chi connectivity index (χ2n) is 7.69. The van der Waals surface area contributed by atoms with Gasteiger partial charge in [0.2, 0.25) is 5.91 Å². The molecule has 1 aliphatic rings. The molecule has 0 saturated carbocycles. The van der Waals surface area contributed by atoms with Crippen molar-refractivity contribution in [2.75, 3.05) is 19.6 Å². The van der Waals surface area contributed by atoms with Crippen molar-refractivity contribution in [2.45, 2.75) is 39.0 Å². The predicted molar refractivity (Wildman–Crippen MR) is 109 cm³/mol. The van der Waals surface area contributed by atoms with Gasteiger partial charge >= 0.3 is 6.36 Å².